The van der Waals surface area contributed by atoms with Gasteiger partial charge in [-0.05, 0) is 12.1 Å². The van der Waals surface area contributed by atoms with Crippen LogP contribution in [0.2, 0.25) is 0 Å². The quantitative estimate of drug-likeness (QED) is 0.507. The van der Waals surface area contributed by atoms with Crippen molar-refractivity contribution in [2.45, 2.75) is 26.2 Å². The summed E-state index contributed by atoms with van der Waals surface area (Å²) in [6, 6.07) is 4.22. The van der Waals surface area contributed by atoms with Crippen molar-refractivity contribution in [2.75, 3.05) is 0 Å². The summed E-state index contributed by atoms with van der Waals surface area (Å²) in [5, 5.41) is 20.8. The minimum absolute atomic E-state index is 0.151. The molecular weight excluding hydrogens is 290 g/mol. The van der Waals surface area contributed by atoms with Gasteiger partial charge in [0.15, 0.2) is 11.5 Å². The molecule has 0 aromatic carbocycles. The number of nitro groups is 1. The fraction of sp³-hybridized carbons (Fsp3) is 0.308. The highest BCUT2D eigenvalue weighted by molar-refractivity contribution is 5.93. The Morgan fingerprint density at radius 1 is 1.50 bits per heavy atom. The van der Waals surface area contributed by atoms with Crippen LogP contribution in [0.3, 0.4) is 0 Å². The summed E-state index contributed by atoms with van der Waals surface area (Å²) in [7, 11) is 0. The van der Waals surface area contributed by atoms with Crippen LogP contribution in [0.25, 0.3) is 0 Å². The fourth-order valence-electron chi connectivity index (χ4n) is 1.54. The van der Waals surface area contributed by atoms with E-state index in [1.165, 1.54) is 18.3 Å². The topological polar surface area (TPSA) is 126 Å². The molecule has 0 atom stereocenters. The second-order valence-corrected chi connectivity index (χ2v) is 5.55. The maximum absolute atomic E-state index is 11.8. The number of furan rings is 1. The number of amides is 1. The number of carbonyl (C=O) groups excluding carboxylic acids is 1. The van der Waals surface area contributed by atoms with Crippen LogP contribution in [0.1, 0.15) is 42.7 Å². The second-order valence-electron chi connectivity index (χ2n) is 5.55. The van der Waals surface area contributed by atoms with Crippen molar-refractivity contribution in [3.63, 3.8) is 0 Å². The summed E-state index contributed by atoms with van der Waals surface area (Å²) in [4.78, 5) is 21.6. The molecule has 2 heterocycles. The zero-order valence-corrected chi connectivity index (χ0v) is 12.3. The van der Waals surface area contributed by atoms with E-state index in [1.54, 1.807) is 6.07 Å². The van der Waals surface area contributed by atoms with E-state index in [-0.39, 0.29) is 16.9 Å². The third-order valence-corrected chi connectivity index (χ3v) is 2.77. The van der Waals surface area contributed by atoms with Crippen molar-refractivity contribution in [3.8, 4) is 0 Å². The first-order valence-electron chi connectivity index (χ1n) is 6.41. The van der Waals surface area contributed by atoms with Crippen molar-refractivity contribution < 1.29 is 14.1 Å². The van der Waals surface area contributed by atoms with Gasteiger partial charge in [0.1, 0.15) is 4.92 Å². The first-order valence-corrected chi connectivity index (χ1v) is 6.41. The monoisotopic (exact) mass is 305 g/mol. The van der Waals surface area contributed by atoms with Crippen molar-refractivity contribution in [2.24, 2.45) is 5.10 Å². The summed E-state index contributed by atoms with van der Waals surface area (Å²) < 4.78 is 4.86. The number of hydrogen-bond acceptors (Lipinski definition) is 6. The maximum atomic E-state index is 11.8. The van der Waals surface area contributed by atoms with E-state index in [0.717, 1.165) is 5.69 Å². The Hall–Kier alpha value is -2.97. The Morgan fingerprint density at radius 2 is 2.23 bits per heavy atom. The Bertz CT molecular complexity index is 723. The van der Waals surface area contributed by atoms with E-state index in [9.17, 15) is 14.9 Å². The molecule has 2 N–H and O–H groups in total. The average molecular weight is 305 g/mol. The van der Waals surface area contributed by atoms with E-state index in [2.05, 4.69) is 20.7 Å². The molecule has 0 unspecified atom stereocenters. The van der Waals surface area contributed by atoms with Crippen molar-refractivity contribution in [1.29, 1.82) is 0 Å². The number of aromatic amines is 1. The lowest BCUT2D eigenvalue weighted by atomic mass is 9.92. The largest absolute Gasteiger partial charge is 0.433 e. The zero-order valence-electron chi connectivity index (χ0n) is 12.3. The fourth-order valence-corrected chi connectivity index (χ4v) is 1.54. The molecular formula is C13H15N5O4. The normalized spacial score (nSPS) is 11.8. The molecule has 1 amide bonds. The minimum atomic E-state index is -0.659. The van der Waals surface area contributed by atoms with Crippen LogP contribution in [0.5, 0.6) is 0 Å². The van der Waals surface area contributed by atoms with Gasteiger partial charge in [0, 0.05) is 11.1 Å². The van der Waals surface area contributed by atoms with Gasteiger partial charge in [0.25, 0.3) is 5.91 Å². The van der Waals surface area contributed by atoms with Crippen molar-refractivity contribution in [1.82, 2.24) is 15.6 Å². The lowest BCUT2D eigenvalue weighted by Gasteiger charge is -2.14. The minimum Gasteiger partial charge on any atom is -0.400 e. The molecule has 2 aromatic heterocycles. The number of hydrazone groups is 1. The SMILES string of the molecule is CC(C)(C)c1cc(C(=O)N/N=C\c2ccc([N+](=O)[O-])o2)n[nH]1. The van der Waals surface area contributed by atoms with Gasteiger partial charge in [-0.2, -0.15) is 10.2 Å². The molecule has 0 spiro atoms. The number of H-pyrrole nitrogens is 1. The smallest absolute Gasteiger partial charge is 0.400 e. The Morgan fingerprint density at radius 3 is 2.77 bits per heavy atom. The van der Waals surface area contributed by atoms with E-state index >= 15 is 0 Å². The van der Waals surface area contributed by atoms with Crippen LogP contribution in [0.4, 0.5) is 5.88 Å². The first kappa shape index (κ1) is 15.4. The van der Waals surface area contributed by atoms with Crippen LogP contribution < -0.4 is 5.43 Å². The molecule has 0 bridgehead atoms. The second kappa shape index (κ2) is 5.80. The summed E-state index contributed by atoms with van der Waals surface area (Å²) in [5.74, 6) is -0.733. The van der Waals surface area contributed by atoms with Crippen LogP contribution in [-0.4, -0.2) is 27.2 Å². The first-order chi connectivity index (χ1) is 10.3. The van der Waals surface area contributed by atoms with E-state index < -0.39 is 16.7 Å². The van der Waals surface area contributed by atoms with E-state index in [1.807, 2.05) is 20.8 Å². The van der Waals surface area contributed by atoms with Gasteiger partial charge in [-0.3, -0.25) is 20.0 Å². The Kier molecular flexibility index (Phi) is 4.06. The summed E-state index contributed by atoms with van der Waals surface area (Å²) in [5.41, 5.74) is 3.14. The van der Waals surface area contributed by atoms with Crippen molar-refractivity contribution in [3.05, 3.63) is 45.5 Å². The number of nitrogens with zero attached hydrogens (tertiary/aromatic N) is 3. The van der Waals surface area contributed by atoms with Crippen LogP contribution >= 0.6 is 0 Å². The van der Waals surface area contributed by atoms with Gasteiger partial charge in [-0.1, -0.05) is 20.8 Å². The molecule has 0 fully saturated rings. The molecule has 9 heteroatoms. The Balaban J connectivity index is 1.98. The third-order valence-electron chi connectivity index (χ3n) is 2.77. The van der Waals surface area contributed by atoms with Crippen molar-refractivity contribution >= 4 is 18.0 Å². The molecule has 2 aromatic rings. The molecule has 0 saturated heterocycles. The molecule has 0 radical (unpaired) electrons. The molecule has 22 heavy (non-hydrogen) atoms. The van der Waals surface area contributed by atoms with Gasteiger partial charge in [0.05, 0.1) is 12.3 Å². The highest BCUT2D eigenvalue weighted by Gasteiger charge is 2.19. The van der Waals surface area contributed by atoms with Gasteiger partial charge >= 0.3 is 5.88 Å². The molecule has 0 aliphatic carbocycles. The molecule has 116 valence electrons. The maximum Gasteiger partial charge on any atom is 0.433 e. The molecule has 2 rings (SSSR count). The standard InChI is InChI=1S/C13H15N5O4/c1-13(2,3)10-6-9(15-16-10)12(19)17-14-7-8-4-5-11(22-8)18(20)21/h4-7H,1-3H3,(H,15,16)(H,17,19)/b14-7-. The van der Waals surface area contributed by atoms with E-state index in [0.29, 0.717) is 0 Å². The summed E-state index contributed by atoms with van der Waals surface area (Å²) in [6.07, 6.45) is 1.17. The zero-order chi connectivity index (χ0) is 16.3. The molecule has 0 aliphatic rings. The van der Waals surface area contributed by atoms with Crippen LogP contribution in [0.15, 0.2) is 27.7 Å². The molecule has 9 nitrogen and oxygen atoms in total. The summed E-state index contributed by atoms with van der Waals surface area (Å²) >= 11 is 0. The predicted molar refractivity (Wildman–Crippen MR) is 77.7 cm³/mol. The number of aromatic nitrogens is 2. The van der Waals surface area contributed by atoms with E-state index in [4.69, 9.17) is 4.42 Å². The highest BCUT2D eigenvalue weighted by atomic mass is 16.6. The Labute approximate surface area is 125 Å². The van der Waals surface area contributed by atoms with Gasteiger partial charge < -0.3 is 4.42 Å². The number of hydrogen-bond donors (Lipinski definition) is 2. The lowest BCUT2D eigenvalue weighted by Crippen LogP contribution is -2.18. The van der Waals surface area contributed by atoms with Gasteiger partial charge in [-0.15, -0.1) is 0 Å². The van der Waals surface area contributed by atoms with Crippen LogP contribution in [0, 0.1) is 10.1 Å². The third kappa shape index (κ3) is 3.57. The lowest BCUT2D eigenvalue weighted by molar-refractivity contribution is -0.402. The molecule has 0 saturated carbocycles. The number of nitrogens with one attached hydrogen (secondary N) is 2. The van der Waals surface area contributed by atoms with Gasteiger partial charge in [0.2, 0.25) is 0 Å². The molecule has 0 aliphatic heterocycles. The van der Waals surface area contributed by atoms with Gasteiger partial charge in [-0.25, -0.2) is 5.43 Å². The highest BCUT2D eigenvalue weighted by Crippen LogP contribution is 2.20. The average Bonchev–Trinajstić information content (AvgIpc) is 3.07. The van der Waals surface area contributed by atoms with Crippen LogP contribution in [-0.2, 0) is 5.41 Å². The number of rotatable bonds is 4. The summed E-state index contributed by atoms with van der Waals surface area (Å²) in [6.45, 7) is 5.97. The predicted octanol–water partition coefficient (Wildman–Crippen LogP) is 1.97. The number of carbonyl (C=O) groups is 1.